The molecule has 0 aliphatic carbocycles. The minimum absolute atomic E-state index is 0.153. The largest absolute Gasteiger partial charge is 0.497 e. The second-order valence-corrected chi connectivity index (χ2v) is 5.23. The number of halogens is 2. The summed E-state index contributed by atoms with van der Waals surface area (Å²) in [5.74, 6) is -0.966. The molecule has 0 radical (unpaired) electrons. The molecular weight excluding hydrogens is 318 g/mol. The average Bonchev–Trinajstić information content (AvgIpc) is 2.56. The Morgan fingerprint density at radius 1 is 1.17 bits per heavy atom. The summed E-state index contributed by atoms with van der Waals surface area (Å²) in [6, 6.07) is 8.23. The van der Waals surface area contributed by atoms with Crippen LogP contribution in [0.1, 0.15) is 18.6 Å². The maximum Gasteiger partial charge on any atom is 0.319 e. The number of carbonyl (C=O) groups excluding carboxylic acids is 1. The van der Waals surface area contributed by atoms with Crippen molar-refractivity contribution in [1.82, 2.24) is 5.32 Å². The van der Waals surface area contributed by atoms with Crippen LogP contribution in [0.3, 0.4) is 0 Å². The molecule has 3 N–H and O–H groups in total. The van der Waals surface area contributed by atoms with E-state index in [1.165, 1.54) is 7.11 Å². The normalized spacial score (nSPS) is 13.0. The van der Waals surface area contributed by atoms with Gasteiger partial charge in [-0.15, -0.1) is 0 Å². The standard InChI is InChI=1S/C17H18F2N2O3/c1-10(16(22)11-3-6-13(24-2)7-4-11)20-17(23)21-15-8-5-12(18)9-14(15)19/h3-10,16,22H,1-2H3,(H2,20,21,23). The summed E-state index contributed by atoms with van der Waals surface area (Å²) in [5.41, 5.74) is 0.441. The predicted molar refractivity (Wildman–Crippen MR) is 85.9 cm³/mol. The van der Waals surface area contributed by atoms with E-state index in [-0.39, 0.29) is 5.69 Å². The molecule has 0 aromatic heterocycles. The minimum atomic E-state index is -0.959. The number of rotatable bonds is 5. The van der Waals surface area contributed by atoms with Crippen LogP contribution in [0.4, 0.5) is 19.3 Å². The number of hydrogen-bond donors (Lipinski definition) is 3. The van der Waals surface area contributed by atoms with Gasteiger partial charge in [0.15, 0.2) is 0 Å². The number of aliphatic hydroxyl groups excluding tert-OH is 1. The molecule has 0 saturated carbocycles. The summed E-state index contributed by atoms with van der Waals surface area (Å²) < 4.78 is 31.4. The van der Waals surface area contributed by atoms with E-state index in [0.717, 1.165) is 12.1 Å². The zero-order chi connectivity index (χ0) is 17.7. The lowest BCUT2D eigenvalue weighted by Crippen LogP contribution is -2.39. The van der Waals surface area contributed by atoms with Gasteiger partial charge in [0, 0.05) is 6.07 Å². The maximum absolute atomic E-state index is 13.5. The van der Waals surface area contributed by atoms with Gasteiger partial charge >= 0.3 is 6.03 Å². The molecule has 2 amide bonds. The van der Waals surface area contributed by atoms with Crippen LogP contribution in [0, 0.1) is 11.6 Å². The molecule has 0 spiro atoms. The van der Waals surface area contributed by atoms with Gasteiger partial charge in [0.25, 0.3) is 0 Å². The van der Waals surface area contributed by atoms with Gasteiger partial charge in [0.05, 0.1) is 24.9 Å². The second kappa shape index (κ2) is 7.74. The van der Waals surface area contributed by atoms with E-state index in [4.69, 9.17) is 4.74 Å². The summed E-state index contributed by atoms with van der Waals surface area (Å²) in [7, 11) is 1.54. The first-order valence-electron chi connectivity index (χ1n) is 7.25. The summed E-state index contributed by atoms with van der Waals surface area (Å²) in [5, 5.41) is 15.0. The number of methoxy groups -OCH3 is 1. The quantitative estimate of drug-likeness (QED) is 0.785. The molecule has 2 rings (SSSR count). The number of amides is 2. The molecule has 0 fully saturated rings. The fraction of sp³-hybridized carbons (Fsp3) is 0.235. The minimum Gasteiger partial charge on any atom is -0.497 e. The second-order valence-electron chi connectivity index (χ2n) is 5.23. The van der Waals surface area contributed by atoms with Crippen LogP contribution in [-0.4, -0.2) is 24.3 Å². The molecule has 2 aromatic carbocycles. The van der Waals surface area contributed by atoms with Gasteiger partial charge in [0.1, 0.15) is 17.4 Å². The van der Waals surface area contributed by atoms with Crippen molar-refractivity contribution in [2.75, 3.05) is 12.4 Å². The Bertz CT molecular complexity index is 707. The molecule has 0 aliphatic rings. The number of urea groups is 1. The van der Waals surface area contributed by atoms with Crippen LogP contribution in [-0.2, 0) is 0 Å². The first-order valence-corrected chi connectivity index (χ1v) is 7.25. The van der Waals surface area contributed by atoms with Crippen LogP contribution in [0.25, 0.3) is 0 Å². The van der Waals surface area contributed by atoms with Crippen LogP contribution in [0.2, 0.25) is 0 Å². The van der Waals surface area contributed by atoms with Gasteiger partial charge in [0.2, 0.25) is 0 Å². The average molecular weight is 336 g/mol. The molecule has 7 heteroatoms. The van der Waals surface area contributed by atoms with Gasteiger partial charge in [-0.1, -0.05) is 12.1 Å². The van der Waals surface area contributed by atoms with Crippen molar-refractivity contribution in [3.05, 3.63) is 59.7 Å². The molecule has 2 unspecified atom stereocenters. The van der Waals surface area contributed by atoms with E-state index in [1.54, 1.807) is 31.2 Å². The SMILES string of the molecule is COc1ccc(C(O)C(C)NC(=O)Nc2ccc(F)cc2F)cc1. The zero-order valence-corrected chi connectivity index (χ0v) is 13.2. The molecule has 0 heterocycles. The third-order valence-electron chi connectivity index (χ3n) is 3.47. The van der Waals surface area contributed by atoms with Crippen LogP contribution < -0.4 is 15.4 Å². The third kappa shape index (κ3) is 4.42. The number of aliphatic hydroxyl groups is 1. The number of carbonyl (C=O) groups is 1. The highest BCUT2D eigenvalue weighted by atomic mass is 19.1. The Labute approximate surface area is 138 Å². The summed E-state index contributed by atoms with van der Waals surface area (Å²) >= 11 is 0. The van der Waals surface area contributed by atoms with Crippen molar-refractivity contribution in [3.8, 4) is 5.75 Å². The highest BCUT2D eigenvalue weighted by Gasteiger charge is 2.19. The van der Waals surface area contributed by atoms with Crippen molar-refractivity contribution in [1.29, 1.82) is 0 Å². The Balaban J connectivity index is 1.96. The van der Waals surface area contributed by atoms with Crippen molar-refractivity contribution in [2.24, 2.45) is 0 Å². The van der Waals surface area contributed by atoms with Gasteiger partial charge in [-0.25, -0.2) is 13.6 Å². The fourth-order valence-corrected chi connectivity index (χ4v) is 2.12. The molecular formula is C17H18F2N2O3. The van der Waals surface area contributed by atoms with Gasteiger partial charge in [-0.2, -0.15) is 0 Å². The third-order valence-corrected chi connectivity index (χ3v) is 3.47. The molecule has 0 saturated heterocycles. The van der Waals surface area contributed by atoms with E-state index in [1.807, 2.05) is 0 Å². The summed E-state index contributed by atoms with van der Waals surface area (Å²) in [4.78, 5) is 11.9. The number of ether oxygens (including phenoxy) is 1. The number of benzene rings is 2. The van der Waals surface area contributed by atoms with E-state index < -0.39 is 29.8 Å². The maximum atomic E-state index is 13.5. The Morgan fingerprint density at radius 3 is 2.42 bits per heavy atom. The molecule has 0 bridgehead atoms. The molecule has 24 heavy (non-hydrogen) atoms. The molecule has 5 nitrogen and oxygen atoms in total. The van der Waals surface area contributed by atoms with E-state index in [0.29, 0.717) is 17.4 Å². The van der Waals surface area contributed by atoms with Crippen molar-refractivity contribution < 1.29 is 23.4 Å². The van der Waals surface area contributed by atoms with Crippen molar-refractivity contribution in [2.45, 2.75) is 19.1 Å². The Morgan fingerprint density at radius 2 is 1.83 bits per heavy atom. The lowest BCUT2D eigenvalue weighted by molar-refractivity contribution is 0.139. The molecule has 128 valence electrons. The van der Waals surface area contributed by atoms with Crippen LogP contribution in [0.5, 0.6) is 5.75 Å². The fourth-order valence-electron chi connectivity index (χ4n) is 2.12. The predicted octanol–water partition coefficient (Wildman–Crippen LogP) is 3.22. The van der Waals surface area contributed by atoms with E-state index in [9.17, 15) is 18.7 Å². The van der Waals surface area contributed by atoms with Crippen LogP contribution in [0.15, 0.2) is 42.5 Å². The van der Waals surface area contributed by atoms with Gasteiger partial charge < -0.3 is 20.5 Å². The molecule has 2 atom stereocenters. The smallest absolute Gasteiger partial charge is 0.319 e. The lowest BCUT2D eigenvalue weighted by atomic mass is 10.0. The first-order chi connectivity index (χ1) is 11.4. The number of anilines is 1. The Kier molecular flexibility index (Phi) is 5.70. The topological polar surface area (TPSA) is 70.6 Å². The van der Waals surface area contributed by atoms with Gasteiger partial charge in [-0.05, 0) is 36.8 Å². The molecule has 0 aliphatic heterocycles. The van der Waals surface area contributed by atoms with Crippen LogP contribution >= 0.6 is 0 Å². The highest BCUT2D eigenvalue weighted by molar-refractivity contribution is 5.89. The van der Waals surface area contributed by atoms with Crippen molar-refractivity contribution >= 4 is 11.7 Å². The van der Waals surface area contributed by atoms with Gasteiger partial charge in [-0.3, -0.25) is 0 Å². The number of hydrogen-bond acceptors (Lipinski definition) is 3. The highest BCUT2D eigenvalue weighted by Crippen LogP contribution is 2.20. The summed E-state index contributed by atoms with van der Waals surface area (Å²) in [6.07, 6.45) is -0.959. The van der Waals surface area contributed by atoms with E-state index >= 15 is 0 Å². The summed E-state index contributed by atoms with van der Waals surface area (Å²) in [6.45, 7) is 1.61. The Hall–Kier alpha value is -2.67. The first kappa shape index (κ1) is 17.7. The zero-order valence-electron chi connectivity index (χ0n) is 13.2. The van der Waals surface area contributed by atoms with E-state index in [2.05, 4.69) is 10.6 Å². The van der Waals surface area contributed by atoms with Crippen molar-refractivity contribution in [3.63, 3.8) is 0 Å². The number of nitrogens with one attached hydrogen (secondary N) is 2. The molecule has 2 aromatic rings. The monoisotopic (exact) mass is 336 g/mol. The lowest BCUT2D eigenvalue weighted by Gasteiger charge is -2.21.